The molecule has 0 bridgehead atoms. The number of aromatic nitrogens is 2. The molecule has 0 aliphatic carbocycles. The molecule has 0 saturated heterocycles. The number of benzene rings is 18. The topological polar surface area (TPSA) is 22.8 Å². The summed E-state index contributed by atoms with van der Waals surface area (Å²) in [6.45, 7) is -0.282. The smallest absolute Gasteiger partial charge is 0.252 e. The van der Waals surface area contributed by atoms with Crippen molar-refractivity contribution in [2.75, 3.05) is 19.6 Å². The van der Waals surface area contributed by atoms with Gasteiger partial charge < -0.3 is 28.7 Å². The fourth-order valence-corrected chi connectivity index (χ4v) is 29.8. The maximum Gasteiger partial charge on any atom is 0.252 e. The van der Waals surface area contributed by atoms with E-state index in [0.29, 0.717) is 0 Å². The highest BCUT2D eigenvalue weighted by molar-refractivity contribution is 7.20. The fourth-order valence-electron chi connectivity index (χ4n) is 20.2. The summed E-state index contributed by atoms with van der Waals surface area (Å²) in [6.07, 6.45) is 0. The first-order valence-electron chi connectivity index (χ1n) is 40.5. The molecule has 18 aromatic carbocycles. The van der Waals surface area contributed by atoms with Crippen LogP contribution in [0.5, 0.6) is 0 Å². The molecule has 0 unspecified atom stereocenters. The van der Waals surface area contributed by atoms with Crippen molar-refractivity contribution in [3.05, 3.63) is 455 Å². The normalized spacial score (nSPS) is 12.9. The van der Waals surface area contributed by atoms with Crippen molar-refractivity contribution in [1.29, 1.82) is 0 Å². The van der Waals surface area contributed by atoms with Crippen molar-refractivity contribution in [3.8, 4) is 11.4 Å². The van der Waals surface area contributed by atoms with Gasteiger partial charge in [-0.15, -0.1) is 0 Å². The van der Waals surface area contributed by atoms with Crippen LogP contribution in [0, 0.1) is 0 Å². The number of fused-ring (bicyclic) bond motifs is 12. The van der Waals surface area contributed by atoms with Crippen LogP contribution in [0.15, 0.2) is 455 Å². The third kappa shape index (κ3) is 10.4. The highest BCUT2D eigenvalue weighted by Crippen LogP contribution is 2.56. The molecule has 23 rings (SSSR count). The minimum Gasteiger partial charge on any atom is -0.311 e. The minimum atomic E-state index is -3.22. The third-order valence-electron chi connectivity index (χ3n) is 25.1. The molecule has 20 aromatic rings. The maximum atomic E-state index is 2.66. The standard InChI is InChI=1S/C108H75BN6Si2/c1-8-34-76(35-9-1)112-100-56-30-32-58-102(100)115(103-59-33-31-57-101(103)112)81-72-106-108-107(73-81)114(80-66-62-78(63-67-80)111-98-54-28-24-50-92(98)93-51-25-29-55-99(93)111)105-75-89(117(85-42-16-5-17-43-85,86-44-18-6-19-45-86)87-46-20-7-21-47-87)69-71-95(105)109(108)94-70-68-88(116(82-36-10-2-11-37-82,83-38-12-3-13-39-83)84-40-14-4-15-41-84)74-104(94)113(106)79-64-60-77(61-65-79)110-96-52-26-22-48-90(96)91-49-23-27-53-97(91)110/h1-75H. The number of hydrogen-bond acceptors (Lipinski definition) is 4. The van der Waals surface area contributed by atoms with Gasteiger partial charge >= 0.3 is 0 Å². The predicted molar refractivity (Wildman–Crippen MR) is 499 cm³/mol. The second-order valence-electron chi connectivity index (χ2n) is 31.0. The van der Waals surface area contributed by atoms with Crippen LogP contribution in [-0.2, 0) is 0 Å². The summed E-state index contributed by atoms with van der Waals surface area (Å²) in [4.78, 5) is 10.3. The van der Waals surface area contributed by atoms with E-state index in [1.807, 2.05) is 0 Å². The average Bonchev–Trinajstić information content (AvgIpc) is 0.865. The van der Waals surface area contributed by atoms with Crippen LogP contribution in [0.4, 0.5) is 68.2 Å². The molecule has 0 N–H and O–H groups in total. The number of rotatable bonds is 14. The van der Waals surface area contributed by atoms with Gasteiger partial charge in [0.25, 0.3) is 6.71 Å². The van der Waals surface area contributed by atoms with Gasteiger partial charge in [0, 0.05) is 72.7 Å². The minimum absolute atomic E-state index is 0.282. The summed E-state index contributed by atoms with van der Waals surface area (Å²) in [5.74, 6) is 0. The van der Waals surface area contributed by atoms with Gasteiger partial charge in [-0.1, -0.05) is 322 Å². The quantitative estimate of drug-likeness (QED) is 0.0799. The summed E-state index contributed by atoms with van der Waals surface area (Å²) in [5, 5.41) is 15.4. The van der Waals surface area contributed by atoms with E-state index in [9.17, 15) is 0 Å². The molecular formula is C108H75BN6Si2. The first-order valence-corrected chi connectivity index (χ1v) is 44.5. The van der Waals surface area contributed by atoms with E-state index in [2.05, 4.69) is 484 Å². The zero-order chi connectivity index (χ0) is 77.1. The SMILES string of the molecule is c1ccc(N2c3ccccc3N(c3cc4c5c(c3)N(c3ccc(-n6c7ccccc7c7ccccc76)cc3)c3cc([Si](c6ccccc6)(c6ccccc6)c6ccccc6)ccc3B5c3ccc([Si](c5ccccc5)(c5ccccc5)c5ccccc5)cc3N4c3ccc(-n4c5ccccc5c5ccccc54)cc3)c3ccccc32)cc1. The number of hydrogen-bond donors (Lipinski definition) is 0. The van der Waals surface area contributed by atoms with Gasteiger partial charge in [0.05, 0.1) is 50.5 Å². The summed E-state index contributed by atoms with van der Waals surface area (Å²) in [6, 6.07) is 172. The molecule has 0 radical (unpaired) electrons. The van der Waals surface area contributed by atoms with Gasteiger partial charge in [-0.05, 0) is 191 Å². The fraction of sp³-hybridized carbons (Fsp3) is 0. The van der Waals surface area contributed by atoms with E-state index in [-0.39, 0.29) is 6.71 Å². The van der Waals surface area contributed by atoms with Crippen LogP contribution in [-0.4, -0.2) is 32.0 Å². The van der Waals surface area contributed by atoms with E-state index in [4.69, 9.17) is 0 Å². The lowest BCUT2D eigenvalue weighted by Gasteiger charge is -2.47. The van der Waals surface area contributed by atoms with E-state index >= 15 is 0 Å². The number of para-hydroxylation sites is 9. The number of nitrogens with zero attached hydrogens (tertiary/aromatic N) is 6. The Hall–Kier alpha value is -14.7. The molecule has 117 heavy (non-hydrogen) atoms. The van der Waals surface area contributed by atoms with Crippen LogP contribution in [0.25, 0.3) is 55.0 Å². The van der Waals surface area contributed by atoms with Crippen LogP contribution in [0.2, 0.25) is 0 Å². The Balaban J connectivity index is 0.855. The van der Waals surface area contributed by atoms with Crippen LogP contribution >= 0.6 is 0 Å². The molecule has 0 amide bonds. The molecular weight excluding hydrogens is 1450 g/mol. The van der Waals surface area contributed by atoms with Gasteiger partial charge in [-0.25, -0.2) is 0 Å². The Morgan fingerprint density at radius 2 is 0.402 bits per heavy atom. The van der Waals surface area contributed by atoms with Crippen LogP contribution in [0.1, 0.15) is 0 Å². The predicted octanol–water partition coefficient (Wildman–Crippen LogP) is 20.0. The van der Waals surface area contributed by atoms with Gasteiger partial charge in [-0.2, -0.15) is 0 Å². The first-order chi connectivity index (χ1) is 58.1. The molecule has 0 spiro atoms. The Morgan fingerprint density at radius 3 is 0.709 bits per heavy atom. The van der Waals surface area contributed by atoms with Gasteiger partial charge in [0.1, 0.15) is 0 Å². The molecule has 9 heteroatoms. The van der Waals surface area contributed by atoms with Gasteiger partial charge in [0.2, 0.25) is 0 Å². The second kappa shape index (κ2) is 27.5. The maximum absolute atomic E-state index is 3.22. The summed E-state index contributed by atoms with van der Waals surface area (Å²) < 4.78 is 4.89. The van der Waals surface area contributed by atoms with Crippen LogP contribution < -0.4 is 77.5 Å². The second-order valence-corrected chi connectivity index (χ2v) is 38.6. The van der Waals surface area contributed by atoms with Crippen molar-refractivity contribution >= 4 is 193 Å². The van der Waals surface area contributed by atoms with E-state index in [0.717, 1.165) is 79.6 Å². The largest absolute Gasteiger partial charge is 0.311 e. The van der Waals surface area contributed by atoms with E-state index in [1.54, 1.807) is 0 Å². The third-order valence-corrected chi connectivity index (χ3v) is 34.6. The Labute approximate surface area is 682 Å². The average molecular weight is 1520 g/mol. The van der Waals surface area contributed by atoms with E-state index in [1.165, 1.54) is 101 Å². The Morgan fingerprint density at radius 1 is 0.162 bits per heavy atom. The molecule has 2 aromatic heterocycles. The monoisotopic (exact) mass is 1520 g/mol. The molecule has 5 heterocycles. The Bertz CT molecular complexity index is 6500. The van der Waals surface area contributed by atoms with Crippen molar-refractivity contribution in [2.45, 2.75) is 0 Å². The molecule has 0 fully saturated rings. The summed E-state index contributed by atoms with van der Waals surface area (Å²) in [7, 11) is -6.43. The Kier molecular flexibility index (Phi) is 16.0. The van der Waals surface area contributed by atoms with Crippen molar-refractivity contribution in [3.63, 3.8) is 0 Å². The molecule has 3 aliphatic rings. The van der Waals surface area contributed by atoms with Crippen molar-refractivity contribution < 1.29 is 0 Å². The van der Waals surface area contributed by atoms with Crippen molar-refractivity contribution in [2.24, 2.45) is 0 Å². The first kappa shape index (κ1) is 67.9. The highest BCUT2D eigenvalue weighted by Gasteiger charge is 2.49. The molecule has 0 saturated carbocycles. The van der Waals surface area contributed by atoms with Gasteiger partial charge in [0.15, 0.2) is 16.1 Å². The highest BCUT2D eigenvalue weighted by atomic mass is 28.3. The van der Waals surface area contributed by atoms with Crippen molar-refractivity contribution in [1.82, 2.24) is 9.13 Å². The number of anilines is 12. The van der Waals surface area contributed by atoms with Gasteiger partial charge in [-0.3, -0.25) is 0 Å². The van der Waals surface area contributed by atoms with Crippen LogP contribution in [0.3, 0.4) is 0 Å². The lowest BCUT2D eigenvalue weighted by atomic mass is 9.33. The van der Waals surface area contributed by atoms with E-state index < -0.39 is 16.1 Å². The molecule has 6 nitrogen and oxygen atoms in total. The zero-order valence-corrected chi connectivity index (χ0v) is 66.1. The molecule has 548 valence electrons. The lowest BCUT2D eigenvalue weighted by Crippen LogP contribution is -2.75. The lowest BCUT2D eigenvalue weighted by molar-refractivity contribution is 1.16. The zero-order valence-electron chi connectivity index (χ0n) is 64.1. The molecule has 0 atom stereocenters. The molecule has 3 aliphatic heterocycles. The summed E-state index contributed by atoms with van der Waals surface area (Å²) in [5.41, 5.74) is 23.5. The summed E-state index contributed by atoms with van der Waals surface area (Å²) >= 11 is 0.